The van der Waals surface area contributed by atoms with E-state index in [-0.39, 0.29) is 5.91 Å². The molecule has 0 saturated heterocycles. The molecule has 1 aromatic carbocycles. The summed E-state index contributed by atoms with van der Waals surface area (Å²) in [5.41, 5.74) is 1.82. The van der Waals surface area contributed by atoms with E-state index in [0.717, 1.165) is 24.2 Å². The Morgan fingerprint density at radius 1 is 1.32 bits per heavy atom. The summed E-state index contributed by atoms with van der Waals surface area (Å²) >= 11 is 1.26. The number of nitrogens with zero attached hydrogens (tertiary/aromatic N) is 2. The molecule has 0 aliphatic carbocycles. The van der Waals surface area contributed by atoms with Crippen LogP contribution in [0.1, 0.15) is 28.7 Å². The number of nitrogens with one attached hydrogen (secondary N) is 2. The van der Waals surface area contributed by atoms with Crippen molar-refractivity contribution in [2.45, 2.75) is 20.3 Å². The second-order valence-electron chi connectivity index (χ2n) is 4.11. The van der Waals surface area contributed by atoms with Gasteiger partial charge in [0.1, 0.15) is 0 Å². The minimum absolute atomic E-state index is 0.226. The highest BCUT2D eigenvalue weighted by Crippen LogP contribution is 2.18. The number of benzene rings is 1. The van der Waals surface area contributed by atoms with E-state index in [4.69, 9.17) is 0 Å². The van der Waals surface area contributed by atoms with Gasteiger partial charge < -0.3 is 10.6 Å². The van der Waals surface area contributed by atoms with Gasteiger partial charge in [-0.3, -0.25) is 4.79 Å². The van der Waals surface area contributed by atoms with Gasteiger partial charge in [-0.25, -0.2) is 0 Å². The molecule has 2 aromatic rings. The Kier molecular flexibility index (Phi) is 4.46. The number of aromatic nitrogens is 2. The summed E-state index contributed by atoms with van der Waals surface area (Å²) in [7, 11) is 0. The second-order valence-corrected chi connectivity index (χ2v) is 5.09. The molecule has 6 heteroatoms. The second kappa shape index (κ2) is 6.29. The normalized spacial score (nSPS) is 10.2. The Balaban J connectivity index is 2.04. The number of amides is 1. The van der Waals surface area contributed by atoms with Crippen LogP contribution in [-0.4, -0.2) is 22.6 Å². The molecule has 0 radical (unpaired) electrons. The van der Waals surface area contributed by atoms with Crippen LogP contribution in [0.15, 0.2) is 24.3 Å². The number of carbonyl (C=O) groups is 1. The maximum atomic E-state index is 12.0. The van der Waals surface area contributed by atoms with E-state index in [2.05, 4.69) is 27.8 Å². The maximum absolute atomic E-state index is 12.0. The monoisotopic (exact) mass is 276 g/mol. The summed E-state index contributed by atoms with van der Waals surface area (Å²) in [5, 5.41) is 14.8. The summed E-state index contributed by atoms with van der Waals surface area (Å²) in [6, 6.07) is 7.63. The largest absolute Gasteiger partial charge is 0.360 e. The Morgan fingerprint density at radius 3 is 2.84 bits per heavy atom. The van der Waals surface area contributed by atoms with Gasteiger partial charge in [-0.2, -0.15) is 0 Å². The predicted octanol–water partition coefficient (Wildman–Crippen LogP) is 2.92. The van der Waals surface area contributed by atoms with Crippen molar-refractivity contribution in [2.75, 3.05) is 17.2 Å². The Labute approximate surface area is 116 Å². The van der Waals surface area contributed by atoms with E-state index < -0.39 is 0 Å². The zero-order valence-electron chi connectivity index (χ0n) is 10.9. The van der Waals surface area contributed by atoms with Crippen LogP contribution in [0.25, 0.3) is 0 Å². The van der Waals surface area contributed by atoms with Gasteiger partial charge >= 0.3 is 0 Å². The third kappa shape index (κ3) is 3.51. The summed E-state index contributed by atoms with van der Waals surface area (Å²) < 4.78 is 0. The third-order valence-electron chi connectivity index (χ3n) is 2.54. The first kappa shape index (κ1) is 13.5. The molecule has 5 nitrogen and oxygen atoms in total. The van der Waals surface area contributed by atoms with Gasteiger partial charge in [-0.1, -0.05) is 36.5 Å². The van der Waals surface area contributed by atoms with E-state index in [1.54, 1.807) is 0 Å². The zero-order chi connectivity index (χ0) is 13.7. The number of anilines is 2. The molecule has 2 N–H and O–H groups in total. The fraction of sp³-hybridized carbons (Fsp3) is 0.308. The Hall–Kier alpha value is -1.95. The van der Waals surface area contributed by atoms with Gasteiger partial charge in [0.2, 0.25) is 10.1 Å². The number of hydrogen-bond donors (Lipinski definition) is 2. The standard InChI is InChI=1S/C13H16N4OS/c1-3-8-14-13-17-16-12(19-13)11(18)15-10-7-5-4-6-9(10)2/h4-7H,3,8H2,1-2H3,(H,14,17)(H,15,18). The average Bonchev–Trinajstić information content (AvgIpc) is 2.88. The molecule has 0 spiro atoms. The predicted molar refractivity (Wildman–Crippen MR) is 77.8 cm³/mol. The van der Waals surface area contributed by atoms with Gasteiger partial charge in [0, 0.05) is 12.2 Å². The minimum Gasteiger partial charge on any atom is -0.360 e. The lowest BCUT2D eigenvalue weighted by molar-refractivity contribution is 0.102. The first-order valence-electron chi connectivity index (χ1n) is 6.15. The Bertz CT molecular complexity index is 567. The lowest BCUT2D eigenvalue weighted by Gasteiger charge is -2.05. The lowest BCUT2D eigenvalue weighted by Crippen LogP contribution is -2.12. The van der Waals surface area contributed by atoms with Crippen molar-refractivity contribution in [3.63, 3.8) is 0 Å². The molecule has 1 amide bonds. The van der Waals surface area contributed by atoms with Gasteiger partial charge in [-0.05, 0) is 25.0 Å². The molecule has 0 aliphatic rings. The number of aryl methyl sites for hydroxylation is 1. The van der Waals surface area contributed by atoms with Crippen LogP contribution in [0, 0.1) is 6.92 Å². The number of rotatable bonds is 5. The molecule has 0 atom stereocenters. The minimum atomic E-state index is -0.226. The van der Waals surface area contributed by atoms with Gasteiger partial charge in [0.05, 0.1) is 0 Å². The van der Waals surface area contributed by atoms with Crippen molar-refractivity contribution in [1.29, 1.82) is 0 Å². The highest BCUT2D eigenvalue weighted by atomic mass is 32.1. The van der Waals surface area contributed by atoms with E-state index in [9.17, 15) is 4.79 Å². The Morgan fingerprint density at radius 2 is 2.11 bits per heavy atom. The van der Waals surface area contributed by atoms with Crippen LogP contribution >= 0.6 is 11.3 Å². The van der Waals surface area contributed by atoms with Crippen molar-refractivity contribution < 1.29 is 4.79 Å². The maximum Gasteiger partial charge on any atom is 0.286 e. The first-order chi connectivity index (χ1) is 9.20. The van der Waals surface area contributed by atoms with Crippen LogP contribution < -0.4 is 10.6 Å². The molecule has 0 fully saturated rings. The van der Waals surface area contributed by atoms with E-state index in [0.29, 0.717) is 10.1 Å². The van der Waals surface area contributed by atoms with Gasteiger partial charge in [0.25, 0.3) is 5.91 Å². The molecule has 100 valence electrons. The fourth-order valence-electron chi connectivity index (χ4n) is 1.51. The highest BCUT2D eigenvalue weighted by Gasteiger charge is 2.13. The number of carbonyl (C=O) groups excluding carboxylic acids is 1. The molecule has 0 saturated carbocycles. The zero-order valence-corrected chi connectivity index (χ0v) is 11.8. The summed E-state index contributed by atoms with van der Waals surface area (Å²) in [6.07, 6.45) is 1.00. The van der Waals surface area contributed by atoms with Crippen molar-refractivity contribution in [1.82, 2.24) is 10.2 Å². The van der Waals surface area contributed by atoms with Gasteiger partial charge in [0.15, 0.2) is 0 Å². The van der Waals surface area contributed by atoms with E-state index >= 15 is 0 Å². The van der Waals surface area contributed by atoms with Gasteiger partial charge in [-0.15, -0.1) is 10.2 Å². The number of hydrogen-bond acceptors (Lipinski definition) is 5. The van der Waals surface area contributed by atoms with Crippen LogP contribution in [-0.2, 0) is 0 Å². The van der Waals surface area contributed by atoms with E-state index in [1.807, 2.05) is 31.2 Å². The van der Waals surface area contributed by atoms with E-state index in [1.165, 1.54) is 11.3 Å². The van der Waals surface area contributed by atoms with Crippen molar-refractivity contribution in [3.05, 3.63) is 34.8 Å². The highest BCUT2D eigenvalue weighted by molar-refractivity contribution is 7.17. The lowest BCUT2D eigenvalue weighted by atomic mass is 10.2. The molecular weight excluding hydrogens is 260 g/mol. The van der Waals surface area contributed by atoms with Crippen molar-refractivity contribution >= 4 is 28.1 Å². The SMILES string of the molecule is CCCNc1nnc(C(=O)Nc2ccccc2C)s1. The first-order valence-corrected chi connectivity index (χ1v) is 6.96. The summed E-state index contributed by atoms with van der Waals surface area (Å²) in [5.74, 6) is -0.226. The molecule has 1 aromatic heterocycles. The topological polar surface area (TPSA) is 66.9 Å². The molecule has 0 unspecified atom stereocenters. The summed E-state index contributed by atoms with van der Waals surface area (Å²) in [6.45, 7) is 4.85. The molecule has 0 aliphatic heterocycles. The van der Waals surface area contributed by atoms with Crippen molar-refractivity contribution in [2.24, 2.45) is 0 Å². The van der Waals surface area contributed by atoms with Crippen LogP contribution in [0.4, 0.5) is 10.8 Å². The summed E-state index contributed by atoms with van der Waals surface area (Å²) in [4.78, 5) is 12.0. The quantitative estimate of drug-likeness (QED) is 0.881. The molecule has 2 rings (SSSR count). The molecule has 1 heterocycles. The van der Waals surface area contributed by atoms with Crippen LogP contribution in [0.2, 0.25) is 0 Å². The molecule has 19 heavy (non-hydrogen) atoms. The fourth-order valence-corrected chi connectivity index (χ4v) is 2.17. The molecular formula is C13H16N4OS. The number of para-hydroxylation sites is 1. The van der Waals surface area contributed by atoms with Crippen LogP contribution in [0.3, 0.4) is 0 Å². The smallest absolute Gasteiger partial charge is 0.286 e. The van der Waals surface area contributed by atoms with Crippen LogP contribution in [0.5, 0.6) is 0 Å². The average molecular weight is 276 g/mol. The van der Waals surface area contributed by atoms with Crippen molar-refractivity contribution in [3.8, 4) is 0 Å². The molecule has 0 bridgehead atoms. The third-order valence-corrected chi connectivity index (χ3v) is 3.42.